The zero-order valence-corrected chi connectivity index (χ0v) is 5.95. The van der Waals surface area contributed by atoms with Crippen LogP contribution in [-0.4, -0.2) is 23.2 Å². The van der Waals surface area contributed by atoms with E-state index in [2.05, 4.69) is 17.8 Å². The van der Waals surface area contributed by atoms with Gasteiger partial charge < -0.3 is 10.4 Å². The highest BCUT2D eigenvalue weighted by Crippen LogP contribution is 2.18. The number of terminal acetylenes is 1. The van der Waals surface area contributed by atoms with Crippen LogP contribution in [-0.2, 0) is 4.79 Å². The predicted molar refractivity (Wildman–Crippen MR) is 40.5 cm³/mol. The second-order valence-corrected chi connectivity index (χ2v) is 2.41. The summed E-state index contributed by atoms with van der Waals surface area (Å²) in [5, 5.41) is 11.7. The van der Waals surface area contributed by atoms with Crippen molar-refractivity contribution in [2.24, 2.45) is 5.92 Å². The fourth-order valence-corrected chi connectivity index (χ4v) is 1.04. The molecule has 2 N–H and O–H groups in total. The first-order valence-electron chi connectivity index (χ1n) is 3.28. The van der Waals surface area contributed by atoms with Crippen molar-refractivity contribution in [2.75, 3.05) is 0 Å². The number of rotatable bonds is 2. The zero-order valence-electron chi connectivity index (χ0n) is 5.95. The highest BCUT2D eigenvalue weighted by atomic mass is 16.3. The first kappa shape index (κ1) is 7.83. The molecule has 0 unspecified atom stereocenters. The first-order valence-corrected chi connectivity index (χ1v) is 3.28. The van der Waals surface area contributed by atoms with E-state index in [1.807, 2.05) is 0 Å². The van der Waals surface area contributed by atoms with Crippen LogP contribution in [0.3, 0.4) is 0 Å². The quantitative estimate of drug-likeness (QED) is 0.311. The molecule has 0 bridgehead atoms. The van der Waals surface area contributed by atoms with Crippen molar-refractivity contribution in [3.63, 3.8) is 0 Å². The average Bonchev–Trinajstić information content (AvgIpc) is 1.99. The Kier molecular flexibility index (Phi) is 1.97. The van der Waals surface area contributed by atoms with Gasteiger partial charge >= 0.3 is 0 Å². The number of nitrogens with one attached hydrogen (secondary N) is 1. The fraction of sp³-hybridized carbons (Fsp3) is 0.375. The summed E-state index contributed by atoms with van der Waals surface area (Å²) in [4.78, 5) is 10.8. The van der Waals surface area contributed by atoms with E-state index in [1.54, 1.807) is 0 Å². The summed E-state index contributed by atoms with van der Waals surface area (Å²) in [6.45, 7) is 3.37. The molecule has 11 heavy (non-hydrogen) atoms. The van der Waals surface area contributed by atoms with Gasteiger partial charge in [0.25, 0.3) is 0 Å². The van der Waals surface area contributed by atoms with Crippen LogP contribution in [0.15, 0.2) is 12.7 Å². The standard InChI is InChI=1S/C8H9NO2/c1-3-5-7(6(10)4-2)8(11)9-5/h1,4-7,10H,2H2,(H,9,11)/t5-,6-,7-/m0/s1. The molecular weight excluding hydrogens is 142 g/mol. The minimum atomic E-state index is -0.829. The molecule has 0 aromatic heterocycles. The lowest BCUT2D eigenvalue weighted by Gasteiger charge is -2.34. The van der Waals surface area contributed by atoms with Gasteiger partial charge in [0, 0.05) is 0 Å². The molecule has 0 aromatic carbocycles. The van der Waals surface area contributed by atoms with Crippen molar-refractivity contribution in [3.05, 3.63) is 12.7 Å². The lowest BCUT2D eigenvalue weighted by Crippen LogP contribution is -2.61. The van der Waals surface area contributed by atoms with E-state index in [9.17, 15) is 9.90 Å². The number of aliphatic hydroxyl groups is 1. The molecule has 0 radical (unpaired) electrons. The van der Waals surface area contributed by atoms with Crippen molar-refractivity contribution >= 4 is 5.91 Å². The molecule has 1 amide bonds. The van der Waals surface area contributed by atoms with Gasteiger partial charge in [-0.3, -0.25) is 4.79 Å². The van der Waals surface area contributed by atoms with E-state index in [-0.39, 0.29) is 11.9 Å². The molecule has 1 fully saturated rings. The van der Waals surface area contributed by atoms with E-state index >= 15 is 0 Å². The van der Waals surface area contributed by atoms with Gasteiger partial charge in [-0.1, -0.05) is 12.0 Å². The highest BCUT2D eigenvalue weighted by Gasteiger charge is 2.41. The maximum atomic E-state index is 10.8. The minimum absolute atomic E-state index is 0.208. The molecule has 0 spiro atoms. The van der Waals surface area contributed by atoms with Gasteiger partial charge in [0.05, 0.1) is 12.0 Å². The Morgan fingerprint density at radius 1 is 1.91 bits per heavy atom. The van der Waals surface area contributed by atoms with Crippen LogP contribution in [0, 0.1) is 18.3 Å². The first-order chi connectivity index (χ1) is 5.20. The lowest BCUT2D eigenvalue weighted by atomic mass is 9.86. The maximum Gasteiger partial charge on any atom is 0.230 e. The Bertz CT molecular complexity index is 229. The molecule has 1 aliphatic heterocycles. The Balaban J connectivity index is 2.63. The number of aliphatic hydroxyl groups excluding tert-OH is 1. The number of carbonyl (C=O) groups excluding carboxylic acids is 1. The van der Waals surface area contributed by atoms with Crippen molar-refractivity contribution in [2.45, 2.75) is 12.1 Å². The third-order valence-electron chi connectivity index (χ3n) is 1.75. The van der Waals surface area contributed by atoms with Crippen molar-refractivity contribution in [3.8, 4) is 12.3 Å². The Morgan fingerprint density at radius 2 is 2.55 bits per heavy atom. The number of hydrogen-bond donors (Lipinski definition) is 2. The van der Waals surface area contributed by atoms with Crippen LogP contribution < -0.4 is 5.32 Å². The van der Waals surface area contributed by atoms with Crippen LogP contribution in [0.1, 0.15) is 0 Å². The minimum Gasteiger partial charge on any atom is -0.388 e. The monoisotopic (exact) mass is 151 g/mol. The molecule has 1 saturated heterocycles. The van der Waals surface area contributed by atoms with E-state index < -0.39 is 12.0 Å². The van der Waals surface area contributed by atoms with Crippen LogP contribution in [0.4, 0.5) is 0 Å². The summed E-state index contributed by atoms with van der Waals surface area (Å²) in [7, 11) is 0. The van der Waals surface area contributed by atoms with Crippen molar-refractivity contribution in [1.29, 1.82) is 0 Å². The summed E-state index contributed by atoms with van der Waals surface area (Å²) >= 11 is 0. The largest absolute Gasteiger partial charge is 0.388 e. The van der Waals surface area contributed by atoms with E-state index in [0.717, 1.165) is 0 Å². The molecule has 0 aromatic rings. The van der Waals surface area contributed by atoms with Gasteiger partial charge in [-0.15, -0.1) is 13.0 Å². The van der Waals surface area contributed by atoms with Crippen LogP contribution in [0.2, 0.25) is 0 Å². The summed E-state index contributed by atoms with van der Waals surface area (Å²) < 4.78 is 0. The third-order valence-corrected chi connectivity index (χ3v) is 1.75. The van der Waals surface area contributed by atoms with Gasteiger partial charge in [0.2, 0.25) is 5.91 Å². The lowest BCUT2D eigenvalue weighted by molar-refractivity contribution is -0.137. The predicted octanol–water partition coefficient (Wildman–Crippen LogP) is -0.719. The van der Waals surface area contributed by atoms with E-state index in [0.29, 0.717) is 0 Å². The topological polar surface area (TPSA) is 49.3 Å². The van der Waals surface area contributed by atoms with Crippen LogP contribution in [0.5, 0.6) is 0 Å². The molecule has 58 valence electrons. The molecule has 3 atom stereocenters. The maximum absolute atomic E-state index is 10.8. The Hall–Kier alpha value is -1.27. The summed E-state index contributed by atoms with van der Waals surface area (Å²) in [5.74, 6) is 1.65. The van der Waals surface area contributed by atoms with E-state index in [4.69, 9.17) is 6.42 Å². The zero-order chi connectivity index (χ0) is 8.43. The summed E-state index contributed by atoms with van der Waals surface area (Å²) in [6.07, 6.45) is 5.55. The van der Waals surface area contributed by atoms with Crippen molar-refractivity contribution in [1.82, 2.24) is 5.32 Å². The number of amides is 1. The van der Waals surface area contributed by atoms with Gasteiger partial charge in [-0.05, 0) is 0 Å². The smallest absolute Gasteiger partial charge is 0.230 e. The van der Waals surface area contributed by atoms with Gasteiger partial charge in [0.1, 0.15) is 6.04 Å². The van der Waals surface area contributed by atoms with Gasteiger partial charge in [0.15, 0.2) is 0 Å². The van der Waals surface area contributed by atoms with Gasteiger partial charge in [-0.2, -0.15) is 0 Å². The van der Waals surface area contributed by atoms with Crippen molar-refractivity contribution < 1.29 is 9.90 Å². The number of carbonyl (C=O) groups is 1. The molecule has 3 heteroatoms. The molecule has 1 rings (SSSR count). The molecule has 3 nitrogen and oxygen atoms in total. The second-order valence-electron chi connectivity index (χ2n) is 2.41. The molecule has 0 saturated carbocycles. The summed E-state index contributed by atoms with van der Waals surface area (Å²) in [5.41, 5.74) is 0. The normalized spacial score (nSPS) is 31.1. The summed E-state index contributed by atoms with van der Waals surface area (Å²) in [6, 6.07) is -0.338. The van der Waals surface area contributed by atoms with Crippen LogP contribution in [0.25, 0.3) is 0 Å². The number of hydrogen-bond acceptors (Lipinski definition) is 2. The SMILES string of the molecule is C#C[C@@H]1NC(=O)[C@@H]1[C@@H](O)C=C. The third kappa shape index (κ3) is 1.13. The Morgan fingerprint density at radius 3 is 2.91 bits per heavy atom. The fourth-order valence-electron chi connectivity index (χ4n) is 1.04. The molecule has 0 aliphatic carbocycles. The van der Waals surface area contributed by atoms with Gasteiger partial charge in [-0.25, -0.2) is 0 Å². The van der Waals surface area contributed by atoms with Crippen LogP contribution >= 0.6 is 0 Å². The highest BCUT2D eigenvalue weighted by molar-refractivity contribution is 5.87. The molecule has 1 heterocycles. The number of β-lactam (4-membered cyclic amide) rings is 1. The molecular formula is C8H9NO2. The second kappa shape index (κ2) is 2.77. The average molecular weight is 151 g/mol. The van der Waals surface area contributed by atoms with E-state index in [1.165, 1.54) is 6.08 Å². The molecule has 1 aliphatic rings. The Labute approximate surface area is 65.1 Å².